The van der Waals surface area contributed by atoms with Crippen LogP contribution < -0.4 is 14.2 Å². The second kappa shape index (κ2) is 11.3. The third-order valence-corrected chi connectivity index (χ3v) is 8.97. The summed E-state index contributed by atoms with van der Waals surface area (Å²) in [6.45, 7) is 3.38. The molecule has 2 aromatic carbocycles. The van der Waals surface area contributed by atoms with Crippen LogP contribution in [0.5, 0.6) is 11.5 Å². The molecule has 0 unspecified atom stereocenters. The molecule has 0 radical (unpaired) electrons. The van der Waals surface area contributed by atoms with Crippen LogP contribution in [-0.2, 0) is 20.0 Å². The van der Waals surface area contributed by atoms with Crippen LogP contribution in [0.1, 0.15) is 24.2 Å². The number of carbonyl (C=O) groups is 1. The number of para-hydroxylation sites is 1. The van der Waals surface area contributed by atoms with Gasteiger partial charge in [0, 0.05) is 19.5 Å². The molecule has 2 N–H and O–H groups in total. The maximum atomic E-state index is 13.5. The van der Waals surface area contributed by atoms with Crippen molar-refractivity contribution in [2.75, 3.05) is 44.8 Å². The van der Waals surface area contributed by atoms with Crippen LogP contribution in [0.15, 0.2) is 47.4 Å². The Morgan fingerprint density at radius 3 is 2.41 bits per heavy atom. The minimum Gasteiger partial charge on any atom is -0.497 e. The van der Waals surface area contributed by atoms with E-state index < -0.39 is 38.1 Å². The Morgan fingerprint density at radius 1 is 1.19 bits per heavy atom. The third kappa shape index (κ3) is 6.53. The monoisotopic (exact) mass is 555 g/mol. The first-order valence-corrected chi connectivity index (χ1v) is 14.9. The van der Waals surface area contributed by atoms with Gasteiger partial charge in [-0.25, -0.2) is 21.1 Å². The Bertz CT molecular complexity index is 1330. The Hall–Kier alpha value is -2.87. The molecule has 3 atom stereocenters. The summed E-state index contributed by atoms with van der Waals surface area (Å²) in [4.78, 5) is 15.0. The standard InChI is InChI=1S/C24H33N3O8S2/c1-16-13-27(17(2)15-28)24(29)20-7-6-8-21(23(20)35-22(16)14-26(3)36(5,30)31)25-37(32,33)19-11-9-18(34-4)10-12-19/h6-12,16-17,22,25,28H,13-15H2,1-5H3/t16-,17-,22-/m1/s1. The molecule has 0 aromatic heterocycles. The molecule has 13 heteroatoms. The van der Waals surface area contributed by atoms with Crippen LogP contribution in [0, 0.1) is 5.92 Å². The lowest BCUT2D eigenvalue weighted by Crippen LogP contribution is -2.50. The van der Waals surface area contributed by atoms with Gasteiger partial charge in [0.15, 0.2) is 5.75 Å². The molecule has 0 aliphatic carbocycles. The highest BCUT2D eigenvalue weighted by Gasteiger charge is 2.35. The summed E-state index contributed by atoms with van der Waals surface area (Å²) in [5.74, 6) is -0.328. The van der Waals surface area contributed by atoms with Gasteiger partial charge in [0.25, 0.3) is 15.9 Å². The van der Waals surface area contributed by atoms with Gasteiger partial charge >= 0.3 is 0 Å². The molecule has 0 saturated carbocycles. The van der Waals surface area contributed by atoms with Crippen molar-refractivity contribution in [2.24, 2.45) is 5.92 Å². The van der Waals surface area contributed by atoms with Crippen molar-refractivity contribution in [1.82, 2.24) is 9.21 Å². The third-order valence-electron chi connectivity index (χ3n) is 6.31. The van der Waals surface area contributed by atoms with Gasteiger partial charge in [0.1, 0.15) is 11.9 Å². The van der Waals surface area contributed by atoms with Gasteiger partial charge in [-0.2, -0.15) is 0 Å². The van der Waals surface area contributed by atoms with E-state index in [9.17, 15) is 26.7 Å². The molecule has 3 rings (SSSR count). The summed E-state index contributed by atoms with van der Waals surface area (Å²) in [5, 5.41) is 9.78. The van der Waals surface area contributed by atoms with Gasteiger partial charge < -0.3 is 19.5 Å². The predicted octanol–water partition coefficient (Wildman–Crippen LogP) is 1.61. The van der Waals surface area contributed by atoms with Gasteiger partial charge in [-0.1, -0.05) is 13.0 Å². The van der Waals surface area contributed by atoms with Crippen molar-refractivity contribution in [1.29, 1.82) is 0 Å². The number of ether oxygens (including phenoxy) is 2. The van der Waals surface area contributed by atoms with Gasteiger partial charge in [-0.15, -0.1) is 0 Å². The summed E-state index contributed by atoms with van der Waals surface area (Å²) in [6.07, 6.45) is 0.346. The highest BCUT2D eigenvalue weighted by Crippen LogP contribution is 2.36. The number of benzene rings is 2. The number of methoxy groups -OCH3 is 1. The first-order chi connectivity index (χ1) is 17.3. The minimum atomic E-state index is -4.08. The highest BCUT2D eigenvalue weighted by molar-refractivity contribution is 7.92. The number of sulfonamides is 2. The van der Waals surface area contributed by atoms with Gasteiger partial charge in [0.05, 0.1) is 48.7 Å². The van der Waals surface area contributed by atoms with Gasteiger partial charge in [0.2, 0.25) is 10.0 Å². The molecule has 2 aromatic rings. The lowest BCUT2D eigenvalue weighted by molar-refractivity contribution is 0.0389. The Kier molecular flexibility index (Phi) is 8.73. The molecule has 204 valence electrons. The van der Waals surface area contributed by atoms with E-state index in [0.717, 1.165) is 10.6 Å². The summed E-state index contributed by atoms with van der Waals surface area (Å²) >= 11 is 0. The number of aliphatic hydroxyl groups excluding tert-OH is 1. The number of aliphatic hydroxyl groups is 1. The Morgan fingerprint density at radius 2 is 1.84 bits per heavy atom. The van der Waals surface area contributed by atoms with E-state index in [4.69, 9.17) is 9.47 Å². The predicted molar refractivity (Wildman–Crippen MR) is 139 cm³/mol. The molecule has 0 spiro atoms. The van der Waals surface area contributed by atoms with Crippen molar-refractivity contribution < 1.29 is 36.2 Å². The van der Waals surface area contributed by atoms with E-state index in [-0.39, 0.29) is 47.5 Å². The van der Waals surface area contributed by atoms with Crippen LogP contribution in [0.2, 0.25) is 0 Å². The van der Waals surface area contributed by atoms with E-state index in [2.05, 4.69) is 4.72 Å². The lowest BCUT2D eigenvalue weighted by atomic mass is 9.99. The molecule has 11 nitrogen and oxygen atoms in total. The smallest absolute Gasteiger partial charge is 0.262 e. The minimum absolute atomic E-state index is 0.0156. The average Bonchev–Trinajstić information content (AvgIpc) is 2.85. The zero-order valence-electron chi connectivity index (χ0n) is 21.4. The van der Waals surface area contributed by atoms with Crippen molar-refractivity contribution in [3.63, 3.8) is 0 Å². The van der Waals surface area contributed by atoms with E-state index >= 15 is 0 Å². The molecule has 37 heavy (non-hydrogen) atoms. The molecule has 0 fully saturated rings. The van der Waals surface area contributed by atoms with Gasteiger partial charge in [-0.05, 0) is 43.3 Å². The van der Waals surface area contributed by atoms with Crippen LogP contribution in [0.4, 0.5) is 5.69 Å². The maximum absolute atomic E-state index is 13.5. The van der Waals surface area contributed by atoms with E-state index in [0.29, 0.717) is 5.75 Å². The number of anilines is 1. The van der Waals surface area contributed by atoms with E-state index in [1.807, 2.05) is 0 Å². The van der Waals surface area contributed by atoms with Crippen LogP contribution in [-0.4, -0.2) is 89.3 Å². The van der Waals surface area contributed by atoms with E-state index in [1.54, 1.807) is 13.8 Å². The number of nitrogens with zero attached hydrogens (tertiary/aromatic N) is 2. The Balaban J connectivity index is 2.10. The summed E-state index contributed by atoms with van der Waals surface area (Å²) in [7, 11) is -4.73. The van der Waals surface area contributed by atoms with Crippen molar-refractivity contribution in [3.8, 4) is 11.5 Å². The Labute approximate surface area is 218 Å². The highest BCUT2D eigenvalue weighted by atomic mass is 32.2. The van der Waals surface area contributed by atoms with Crippen LogP contribution in [0.3, 0.4) is 0 Å². The summed E-state index contributed by atoms with van der Waals surface area (Å²) < 4.78 is 65.5. The fraction of sp³-hybridized carbons (Fsp3) is 0.458. The summed E-state index contributed by atoms with van der Waals surface area (Å²) in [6, 6.07) is 9.76. The molecule has 0 bridgehead atoms. The number of fused-ring (bicyclic) bond motifs is 1. The zero-order chi connectivity index (χ0) is 27.5. The average molecular weight is 556 g/mol. The fourth-order valence-corrected chi connectivity index (χ4v) is 5.37. The van der Waals surface area contributed by atoms with Crippen molar-refractivity contribution in [3.05, 3.63) is 48.0 Å². The molecule has 1 aliphatic heterocycles. The lowest BCUT2D eigenvalue weighted by Gasteiger charge is -2.38. The van der Waals surface area contributed by atoms with Gasteiger partial charge in [-0.3, -0.25) is 9.52 Å². The molecule has 0 saturated heterocycles. The number of hydrogen-bond acceptors (Lipinski definition) is 8. The summed E-state index contributed by atoms with van der Waals surface area (Å²) in [5.41, 5.74) is 0.119. The molecule has 1 heterocycles. The van der Waals surface area contributed by atoms with Crippen LogP contribution in [0.25, 0.3) is 0 Å². The normalized spacial score (nSPS) is 19.4. The van der Waals surface area contributed by atoms with Crippen molar-refractivity contribution >= 4 is 31.6 Å². The SMILES string of the molecule is COc1ccc(S(=O)(=O)Nc2cccc3c2O[C@H](CN(C)S(C)(=O)=O)[C@H](C)CN([C@H](C)CO)C3=O)cc1. The first-order valence-electron chi connectivity index (χ1n) is 11.6. The number of amides is 1. The topological polar surface area (TPSA) is 143 Å². The number of rotatable bonds is 9. The second-order valence-electron chi connectivity index (χ2n) is 9.13. The molecular weight excluding hydrogens is 522 g/mol. The van der Waals surface area contributed by atoms with Crippen molar-refractivity contribution in [2.45, 2.75) is 30.9 Å². The number of carbonyl (C=O) groups excluding carboxylic acids is 1. The maximum Gasteiger partial charge on any atom is 0.262 e. The molecule has 1 amide bonds. The second-order valence-corrected chi connectivity index (χ2v) is 12.9. The quantitative estimate of drug-likeness (QED) is 0.475. The largest absolute Gasteiger partial charge is 0.497 e. The number of likely N-dealkylation sites (N-methyl/N-ethyl adjacent to an activating group) is 1. The number of hydrogen-bond donors (Lipinski definition) is 2. The first kappa shape index (κ1) is 28.7. The molecular formula is C24H33N3O8S2. The zero-order valence-corrected chi connectivity index (χ0v) is 23.0. The molecule has 1 aliphatic rings. The van der Waals surface area contributed by atoms with Crippen LogP contribution >= 0.6 is 0 Å². The number of nitrogens with one attached hydrogen (secondary N) is 1. The van der Waals surface area contributed by atoms with E-state index in [1.165, 1.54) is 61.5 Å². The fourth-order valence-electron chi connectivity index (χ4n) is 3.89.